The van der Waals surface area contributed by atoms with Crippen LogP contribution in [0, 0.1) is 17.8 Å². The van der Waals surface area contributed by atoms with Crippen molar-refractivity contribution in [1.82, 2.24) is 9.21 Å². The van der Waals surface area contributed by atoms with Crippen LogP contribution in [0.1, 0.15) is 19.4 Å². The maximum atomic E-state index is 13.4. The highest BCUT2D eigenvalue weighted by Crippen LogP contribution is 2.34. The summed E-state index contributed by atoms with van der Waals surface area (Å²) in [4.78, 5) is 13.7. The molecule has 0 aliphatic carbocycles. The topological polar surface area (TPSA) is 106 Å². The molecule has 1 heterocycles. The molecule has 3 atom stereocenters. The van der Waals surface area contributed by atoms with Gasteiger partial charge in [-0.2, -0.15) is 4.31 Å². The number of carbonyl (C=O) groups excluding carboxylic acids is 1. The first kappa shape index (κ1) is 26.1. The molecule has 1 aliphatic heterocycles. The van der Waals surface area contributed by atoms with E-state index in [9.17, 15) is 18.3 Å². The number of aliphatic hydroxyl groups is 1. The minimum absolute atomic E-state index is 0.00198. The number of hydrogen-bond acceptors (Lipinski definition) is 7. The number of nitrogens with zero attached hydrogens (tertiary/aromatic N) is 2. The van der Waals surface area contributed by atoms with Gasteiger partial charge < -0.3 is 24.2 Å². The summed E-state index contributed by atoms with van der Waals surface area (Å²) >= 11 is 0. The van der Waals surface area contributed by atoms with Gasteiger partial charge in [0, 0.05) is 45.3 Å². The van der Waals surface area contributed by atoms with Gasteiger partial charge in [0.25, 0.3) is 0 Å². The van der Waals surface area contributed by atoms with Gasteiger partial charge in [-0.05, 0) is 25.1 Å². The molecule has 178 valence electrons. The zero-order valence-electron chi connectivity index (χ0n) is 19.2. The van der Waals surface area contributed by atoms with Crippen molar-refractivity contribution in [2.24, 2.45) is 5.92 Å². The number of sulfonamides is 1. The molecule has 0 fully saturated rings. The highest BCUT2D eigenvalue weighted by Gasteiger charge is 2.38. The van der Waals surface area contributed by atoms with E-state index < -0.39 is 22.2 Å². The molecule has 1 amide bonds. The van der Waals surface area contributed by atoms with Crippen LogP contribution in [0.4, 0.5) is 0 Å². The van der Waals surface area contributed by atoms with Crippen molar-refractivity contribution in [3.8, 4) is 17.6 Å². The Kier molecular flexibility index (Phi) is 9.48. The predicted octanol–water partition coefficient (Wildman–Crippen LogP) is 0.558. The van der Waals surface area contributed by atoms with Crippen LogP contribution in [0.25, 0.3) is 0 Å². The van der Waals surface area contributed by atoms with Crippen molar-refractivity contribution in [3.05, 3.63) is 23.8 Å². The Morgan fingerprint density at radius 3 is 2.72 bits per heavy atom. The Hall–Kier alpha value is -2.16. The molecule has 10 heteroatoms. The normalized spacial score (nSPS) is 21.2. The lowest BCUT2D eigenvalue weighted by Gasteiger charge is -2.37. The molecule has 1 N–H and O–H groups in total. The Morgan fingerprint density at radius 2 is 2.09 bits per heavy atom. The molecule has 32 heavy (non-hydrogen) atoms. The molecule has 0 spiro atoms. The Balaban J connectivity index is 2.52. The van der Waals surface area contributed by atoms with Crippen molar-refractivity contribution in [3.63, 3.8) is 0 Å². The molecule has 1 aromatic rings. The summed E-state index contributed by atoms with van der Waals surface area (Å²) in [7, 11) is 0.700. The van der Waals surface area contributed by atoms with E-state index in [1.54, 1.807) is 26.1 Å². The van der Waals surface area contributed by atoms with E-state index in [2.05, 4.69) is 11.8 Å². The number of carbonyl (C=O) groups is 1. The minimum atomic E-state index is -3.93. The lowest BCUT2D eigenvalue weighted by molar-refractivity contribution is -0.135. The fraction of sp³-hybridized carbons (Fsp3) is 0.591. The van der Waals surface area contributed by atoms with E-state index >= 15 is 0 Å². The smallest absolute Gasteiger partial charge is 0.248 e. The van der Waals surface area contributed by atoms with Gasteiger partial charge in [-0.1, -0.05) is 18.8 Å². The highest BCUT2D eigenvalue weighted by atomic mass is 32.2. The van der Waals surface area contributed by atoms with Crippen molar-refractivity contribution in [2.45, 2.75) is 30.9 Å². The lowest BCUT2D eigenvalue weighted by atomic mass is 10.0. The summed E-state index contributed by atoms with van der Waals surface area (Å²) in [5.74, 6) is 5.44. The second kappa shape index (κ2) is 11.6. The van der Waals surface area contributed by atoms with Crippen LogP contribution >= 0.6 is 0 Å². The van der Waals surface area contributed by atoms with E-state index in [0.717, 1.165) is 0 Å². The third kappa shape index (κ3) is 6.21. The summed E-state index contributed by atoms with van der Waals surface area (Å²) in [6.07, 6.45) is -0.495. The monoisotopic (exact) mass is 468 g/mol. The van der Waals surface area contributed by atoms with Crippen LogP contribution < -0.4 is 4.74 Å². The number of ether oxygens (including phenoxy) is 3. The average molecular weight is 469 g/mol. The number of amides is 1. The molecule has 0 saturated carbocycles. The van der Waals surface area contributed by atoms with Gasteiger partial charge in [0.05, 0.1) is 13.2 Å². The molecule has 2 rings (SSSR count). The Labute approximate surface area is 190 Å². The molecule has 0 bridgehead atoms. The number of fused-ring (bicyclic) bond motifs is 1. The van der Waals surface area contributed by atoms with E-state index in [1.165, 1.54) is 29.5 Å². The van der Waals surface area contributed by atoms with Crippen LogP contribution in [0.5, 0.6) is 5.75 Å². The summed E-state index contributed by atoms with van der Waals surface area (Å²) < 4.78 is 44.2. The van der Waals surface area contributed by atoms with Crippen molar-refractivity contribution >= 4 is 15.9 Å². The van der Waals surface area contributed by atoms with E-state index in [4.69, 9.17) is 14.2 Å². The van der Waals surface area contributed by atoms with E-state index in [0.29, 0.717) is 5.56 Å². The van der Waals surface area contributed by atoms with Crippen LogP contribution in [-0.2, 0) is 24.3 Å². The number of benzene rings is 1. The molecular weight excluding hydrogens is 436 g/mol. The number of methoxy groups -OCH3 is 2. The first-order valence-corrected chi connectivity index (χ1v) is 11.7. The van der Waals surface area contributed by atoms with E-state index in [-0.39, 0.29) is 55.4 Å². The fourth-order valence-electron chi connectivity index (χ4n) is 3.34. The summed E-state index contributed by atoms with van der Waals surface area (Å²) in [6.45, 7) is 3.75. The van der Waals surface area contributed by atoms with Gasteiger partial charge in [0.15, 0.2) is 0 Å². The number of aliphatic hydroxyl groups excluding tert-OH is 1. The SMILES string of the molecule is COCC#Cc1ccc2c(c1)O[C@H](CN(C)C(=O)COC)[C@@H](C)CN([C@H](C)CO)S2(=O)=O. The van der Waals surface area contributed by atoms with Gasteiger partial charge in [0.1, 0.15) is 30.0 Å². The van der Waals surface area contributed by atoms with Crippen LogP contribution in [-0.4, -0.2) is 95.0 Å². The third-order valence-corrected chi connectivity index (χ3v) is 7.28. The maximum Gasteiger partial charge on any atom is 0.248 e. The van der Waals surface area contributed by atoms with Gasteiger partial charge in [0.2, 0.25) is 15.9 Å². The van der Waals surface area contributed by atoms with Crippen LogP contribution in [0.15, 0.2) is 23.1 Å². The van der Waals surface area contributed by atoms with Crippen molar-refractivity contribution in [2.75, 3.05) is 54.2 Å². The standard InChI is InChI=1S/C22H32N2O7S/c1-16-12-24(17(2)14-25)32(27,28)21-9-8-18(7-6-10-29-4)11-19(21)31-20(16)13-23(3)22(26)15-30-5/h8-9,11,16-17,20,25H,10,12-15H2,1-5H3/t16-,17+,20+/m0/s1. The van der Waals surface area contributed by atoms with E-state index in [1.807, 2.05) is 6.92 Å². The Morgan fingerprint density at radius 1 is 1.38 bits per heavy atom. The second-order valence-electron chi connectivity index (χ2n) is 7.84. The molecule has 0 unspecified atom stereocenters. The molecule has 0 radical (unpaired) electrons. The molecule has 1 aromatic carbocycles. The quantitative estimate of drug-likeness (QED) is 0.583. The zero-order chi connectivity index (χ0) is 23.9. The van der Waals surface area contributed by atoms with Crippen molar-refractivity contribution in [1.29, 1.82) is 0 Å². The number of rotatable bonds is 7. The van der Waals surface area contributed by atoms with Crippen LogP contribution in [0.2, 0.25) is 0 Å². The second-order valence-corrected chi connectivity index (χ2v) is 9.70. The first-order chi connectivity index (χ1) is 15.1. The molecule has 1 aliphatic rings. The summed E-state index contributed by atoms with van der Waals surface area (Å²) in [6, 6.07) is 4.03. The first-order valence-electron chi connectivity index (χ1n) is 10.3. The molecule has 0 aromatic heterocycles. The number of likely N-dealkylation sites (N-methyl/N-ethyl adjacent to an activating group) is 1. The lowest BCUT2D eigenvalue weighted by Crippen LogP contribution is -2.50. The predicted molar refractivity (Wildman–Crippen MR) is 119 cm³/mol. The summed E-state index contributed by atoms with van der Waals surface area (Å²) in [5, 5.41) is 9.69. The van der Waals surface area contributed by atoms with Gasteiger partial charge in [-0.25, -0.2) is 8.42 Å². The van der Waals surface area contributed by atoms with Gasteiger partial charge >= 0.3 is 0 Å². The fourth-order valence-corrected chi connectivity index (χ4v) is 5.16. The molecular formula is C22H32N2O7S. The molecule has 0 saturated heterocycles. The minimum Gasteiger partial charge on any atom is -0.487 e. The Bertz CT molecular complexity index is 955. The van der Waals surface area contributed by atoms with Crippen molar-refractivity contribution < 1.29 is 32.5 Å². The average Bonchev–Trinajstić information content (AvgIpc) is 2.75. The third-order valence-electron chi connectivity index (χ3n) is 5.26. The van der Waals surface area contributed by atoms with Gasteiger partial charge in [-0.3, -0.25) is 4.79 Å². The maximum absolute atomic E-state index is 13.4. The van der Waals surface area contributed by atoms with Crippen LogP contribution in [0.3, 0.4) is 0 Å². The van der Waals surface area contributed by atoms with Gasteiger partial charge in [-0.15, -0.1) is 0 Å². The highest BCUT2D eigenvalue weighted by molar-refractivity contribution is 7.89. The summed E-state index contributed by atoms with van der Waals surface area (Å²) in [5.41, 5.74) is 0.577. The number of hydrogen-bond donors (Lipinski definition) is 1. The zero-order valence-corrected chi connectivity index (χ0v) is 20.0. The molecule has 9 nitrogen and oxygen atoms in total. The largest absolute Gasteiger partial charge is 0.487 e.